The number of carbonyl (C=O) groups excluding carboxylic acids is 3. The molecule has 2 aromatic carbocycles. The summed E-state index contributed by atoms with van der Waals surface area (Å²) in [7, 11) is 0. The van der Waals surface area contributed by atoms with Gasteiger partial charge in [-0.05, 0) is 48.2 Å². The molecule has 2 N–H and O–H groups in total. The van der Waals surface area contributed by atoms with E-state index in [0.717, 1.165) is 31.7 Å². The molecule has 10 nitrogen and oxygen atoms in total. The summed E-state index contributed by atoms with van der Waals surface area (Å²) in [5.74, 6) is 1.08. The zero-order chi connectivity index (χ0) is 28.3. The predicted molar refractivity (Wildman–Crippen MR) is 153 cm³/mol. The number of ether oxygens (including phenoxy) is 2. The first kappa shape index (κ1) is 27.8. The number of nitrogens with zero attached hydrogens (tertiary/aromatic N) is 3. The minimum Gasteiger partial charge on any atom is -0.454 e. The van der Waals surface area contributed by atoms with Crippen molar-refractivity contribution in [2.75, 3.05) is 69.4 Å². The Hall–Kier alpha value is -3.79. The number of hydrogen-bond donors (Lipinski definition) is 2. The molecule has 40 heavy (non-hydrogen) atoms. The lowest BCUT2D eigenvalue weighted by atomic mass is 9.92. The van der Waals surface area contributed by atoms with Crippen LogP contribution in [-0.4, -0.2) is 86.7 Å². The van der Waals surface area contributed by atoms with Crippen LogP contribution in [-0.2, 0) is 4.79 Å². The first-order valence-corrected chi connectivity index (χ1v) is 14.1. The van der Waals surface area contributed by atoms with Crippen LogP contribution in [0.5, 0.6) is 11.5 Å². The molecule has 2 aromatic rings. The highest BCUT2D eigenvalue weighted by atomic mass is 16.7. The van der Waals surface area contributed by atoms with E-state index in [9.17, 15) is 14.4 Å². The molecule has 2 saturated heterocycles. The summed E-state index contributed by atoms with van der Waals surface area (Å²) < 4.78 is 10.8. The van der Waals surface area contributed by atoms with E-state index < -0.39 is 0 Å². The molecule has 0 unspecified atom stereocenters. The van der Waals surface area contributed by atoms with Crippen molar-refractivity contribution in [3.63, 3.8) is 0 Å². The summed E-state index contributed by atoms with van der Waals surface area (Å²) in [5, 5.41) is 6.37. The lowest BCUT2D eigenvalue weighted by Crippen LogP contribution is -2.46. The Bertz CT molecular complexity index is 1270. The Morgan fingerprint density at radius 3 is 2.25 bits per heavy atom. The Morgan fingerprint density at radius 1 is 0.825 bits per heavy atom. The lowest BCUT2D eigenvalue weighted by molar-refractivity contribution is -0.117. The van der Waals surface area contributed by atoms with E-state index >= 15 is 0 Å². The number of benzene rings is 2. The van der Waals surface area contributed by atoms with E-state index in [-0.39, 0.29) is 29.9 Å². The summed E-state index contributed by atoms with van der Waals surface area (Å²) in [6, 6.07) is 10.9. The second-order valence-electron chi connectivity index (χ2n) is 11.8. The second kappa shape index (κ2) is 11.8. The SMILES string of the molecule is CC(C)(C)CC(=O)Nc1cc(C(=O)N2CCNCC2)ccc1N1CCCN(C(=O)c2ccc3c(c2)OCO3)CC1. The molecule has 214 valence electrons. The number of piperazine rings is 1. The van der Waals surface area contributed by atoms with Crippen molar-refractivity contribution in [1.29, 1.82) is 0 Å². The van der Waals surface area contributed by atoms with Crippen molar-refractivity contribution < 1.29 is 23.9 Å². The molecule has 0 bridgehead atoms. The van der Waals surface area contributed by atoms with E-state index in [1.54, 1.807) is 24.3 Å². The number of nitrogens with one attached hydrogen (secondary N) is 2. The minimum absolute atomic E-state index is 0.0317. The highest BCUT2D eigenvalue weighted by Crippen LogP contribution is 2.34. The average Bonchev–Trinajstić information content (AvgIpc) is 3.27. The molecule has 3 aliphatic rings. The van der Waals surface area contributed by atoms with Crippen LogP contribution in [0.4, 0.5) is 11.4 Å². The number of rotatable bonds is 5. The van der Waals surface area contributed by atoms with Crippen LogP contribution >= 0.6 is 0 Å². The van der Waals surface area contributed by atoms with Gasteiger partial charge in [0.05, 0.1) is 11.4 Å². The third-order valence-electron chi connectivity index (χ3n) is 7.36. The summed E-state index contributed by atoms with van der Waals surface area (Å²) in [4.78, 5) is 45.4. The number of anilines is 2. The van der Waals surface area contributed by atoms with Crippen LogP contribution < -0.4 is 25.0 Å². The highest BCUT2D eigenvalue weighted by Gasteiger charge is 2.26. The van der Waals surface area contributed by atoms with Crippen molar-refractivity contribution in [2.24, 2.45) is 5.41 Å². The average molecular weight is 550 g/mol. The van der Waals surface area contributed by atoms with Crippen molar-refractivity contribution in [1.82, 2.24) is 15.1 Å². The molecule has 10 heteroatoms. The molecule has 0 saturated carbocycles. The smallest absolute Gasteiger partial charge is 0.254 e. The molecule has 3 heterocycles. The van der Waals surface area contributed by atoms with Crippen LogP contribution in [0.25, 0.3) is 0 Å². The van der Waals surface area contributed by atoms with Gasteiger partial charge in [-0.15, -0.1) is 0 Å². The molecule has 3 aliphatic heterocycles. The summed E-state index contributed by atoms with van der Waals surface area (Å²) >= 11 is 0. The maximum absolute atomic E-state index is 13.3. The van der Waals surface area contributed by atoms with Gasteiger partial charge in [0, 0.05) is 69.9 Å². The van der Waals surface area contributed by atoms with Crippen LogP contribution in [0.3, 0.4) is 0 Å². The van der Waals surface area contributed by atoms with Gasteiger partial charge in [0.25, 0.3) is 11.8 Å². The Balaban J connectivity index is 1.34. The molecule has 0 atom stereocenters. The topological polar surface area (TPSA) is 103 Å². The third-order valence-corrected chi connectivity index (χ3v) is 7.36. The van der Waals surface area contributed by atoms with Crippen molar-refractivity contribution in [2.45, 2.75) is 33.6 Å². The molecule has 0 spiro atoms. The highest BCUT2D eigenvalue weighted by molar-refractivity contribution is 6.00. The first-order chi connectivity index (χ1) is 19.2. The van der Waals surface area contributed by atoms with Crippen molar-refractivity contribution in [3.05, 3.63) is 47.5 Å². The predicted octanol–water partition coefficient (Wildman–Crippen LogP) is 3.19. The van der Waals surface area contributed by atoms with E-state index in [1.165, 1.54) is 0 Å². The van der Waals surface area contributed by atoms with Gasteiger partial charge in [0.2, 0.25) is 12.7 Å². The molecule has 2 fully saturated rings. The van der Waals surface area contributed by atoms with Gasteiger partial charge in [-0.2, -0.15) is 0 Å². The van der Waals surface area contributed by atoms with Gasteiger partial charge in [0.15, 0.2) is 11.5 Å². The Kier molecular flexibility index (Phi) is 8.16. The van der Waals surface area contributed by atoms with Gasteiger partial charge in [-0.3, -0.25) is 14.4 Å². The molecule has 0 aliphatic carbocycles. The quantitative estimate of drug-likeness (QED) is 0.591. The second-order valence-corrected chi connectivity index (χ2v) is 11.8. The molecular weight excluding hydrogens is 510 g/mol. The molecule has 0 radical (unpaired) electrons. The fourth-order valence-corrected chi connectivity index (χ4v) is 5.35. The zero-order valence-electron chi connectivity index (χ0n) is 23.6. The summed E-state index contributed by atoms with van der Waals surface area (Å²) in [6.07, 6.45) is 1.13. The summed E-state index contributed by atoms with van der Waals surface area (Å²) in [6.45, 7) is 11.6. The van der Waals surface area contributed by atoms with Gasteiger partial charge in [0.1, 0.15) is 0 Å². The van der Waals surface area contributed by atoms with E-state index in [2.05, 4.69) is 15.5 Å². The number of amides is 3. The van der Waals surface area contributed by atoms with Crippen molar-refractivity contribution in [3.8, 4) is 11.5 Å². The van der Waals surface area contributed by atoms with E-state index in [4.69, 9.17) is 9.47 Å². The van der Waals surface area contributed by atoms with Crippen LogP contribution in [0.15, 0.2) is 36.4 Å². The molecular formula is C30H39N5O5. The van der Waals surface area contributed by atoms with Crippen LogP contribution in [0.1, 0.15) is 54.3 Å². The fourth-order valence-electron chi connectivity index (χ4n) is 5.35. The Labute approximate surface area is 235 Å². The van der Waals surface area contributed by atoms with Gasteiger partial charge in [-0.25, -0.2) is 0 Å². The lowest BCUT2D eigenvalue weighted by Gasteiger charge is -2.29. The minimum atomic E-state index is -0.170. The number of carbonyl (C=O) groups is 3. The fraction of sp³-hybridized carbons (Fsp3) is 0.500. The summed E-state index contributed by atoms with van der Waals surface area (Å²) in [5.41, 5.74) is 2.45. The van der Waals surface area contributed by atoms with Gasteiger partial charge < -0.3 is 34.8 Å². The van der Waals surface area contributed by atoms with Crippen LogP contribution in [0, 0.1) is 5.41 Å². The van der Waals surface area contributed by atoms with E-state index in [0.29, 0.717) is 67.5 Å². The number of hydrogen-bond acceptors (Lipinski definition) is 7. The normalized spacial score (nSPS) is 17.4. The maximum Gasteiger partial charge on any atom is 0.254 e. The first-order valence-electron chi connectivity index (χ1n) is 14.1. The molecule has 5 rings (SSSR count). The molecule has 3 amide bonds. The third kappa shape index (κ3) is 6.50. The monoisotopic (exact) mass is 549 g/mol. The van der Waals surface area contributed by atoms with Gasteiger partial charge >= 0.3 is 0 Å². The molecule has 0 aromatic heterocycles. The van der Waals surface area contributed by atoms with Crippen LogP contribution in [0.2, 0.25) is 0 Å². The standard InChI is InChI=1S/C30H39N5O5/c1-30(2,3)19-27(36)32-23-17-21(28(37)35-13-9-31-10-14-35)5-7-24(23)33-11-4-12-34(16-15-33)29(38)22-6-8-25-26(18-22)40-20-39-25/h5-8,17-18,31H,4,9-16,19-20H2,1-3H3,(H,32,36). The van der Waals surface area contributed by atoms with E-state index in [1.807, 2.05) is 42.7 Å². The largest absolute Gasteiger partial charge is 0.454 e. The van der Waals surface area contributed by atoms with Crippen molar-refractivity contribution >= 4 is 29.1 Å². The zero-order valence-corrected chi connectivity index (χ0v) is 23.6. The maximum atomic E-state index is 13.3. The van der Waals surface area contributed by atoms with Gasteiger partial charge in [-0.1, -0.05) is 20.8 Å². The Morgan fingerprint density at radius 2 is 1.50 bits per heavy atom. The number of fused-ring (bicyclic) bond motifs is 1.